The van der Waals surface area contributed by atoms with E-state index in [-0.39, 0.29) is 17.4 Å². The first-order chi connectivity index (χ1) is 9.41. The second-order valence-electron chi connectivity index (χ2n) is 4.87. The summed E-state index contributed by atoms with van der Waals surface area (Å²) in [4.78, 5) is 31.3. The zero-order valence-electron chi connectivity index (χ0n) is 11.4. The van der Waals surface area contributed by atoms with Gasteiger partial charge in [0.1, 0.15) is 0 Å². The molecule has 20 heavy (non-hydrogen) atoms. The van der Waals surface area contributed by atoms with E-state index in [0.29, 0.717) is 35.3 Å². The minimum atomic E-state index is -0.376. The molecular formula is C12H17BrN4O3. The van der Waals surface area contributed by atoms with E-state index in [1.165, 1.54) is 9.13 Å². The highest BCUT2D eigenvalue weighted by atomic mass is 79.9. The third kappa shape index (κ3) is 2.85. The molecular weight excluding hydrogens is 328 g/mol. The predicted octanol–water partition coefficient (Wildman–Crippen LogP) is 0.737. The van der Waals surface area contributed by atoms with Crippen molar-refractivity contribution in [3.63, 3.8) is 0 Å². The van der Waals surface area contributed by atoms with E-state index in [2.05, 4.69) is 25.9 Å². The van der Waals surface area contributed by atoms with Crippen LogP contribution in [-0.4, -0.2) is 30.3 Å². The first kappa shape index (κ1) is 15.0. The summed E-state index contributed by atoms with van der Waals surface area (Å²) in [5, 5.41) is 9.19. The number of aliphatic hydroxyl groups excluding tert-OH is 1. The van der Waals surface area contributed by atoms with Crippen molar-refractivity contribution in [2.24, 2.45) is 7.05 Å². The Morgan fingerprint density at radius 1 is 1.40 bits per heavy atom. The Morgan fingerprint density at radius 2 is 2.10 bits per heavy atom. The highest BCUT2D eigenvalue weighted by Gasteiger charge is 2.14. The van der Waals surface area contributed by atoms with Gasteiger partial charge in [-0.05, 0) is 42.1 Å². The summed E-state index contributed by atoms with van der Waals surface area (Å²) >= 11 is 3.16. The standard InChI is InChI=1S/C12H17BrN4O3/c1-7(18)5-3-4-6-17-10(19)8-9(15-11(13)14-8)16(2)12(17)20/h7,18H,3-6H2,1-2H3,(H,14,15)/t7-/m1/s1. The third-order valence-corrected chi connectivity index (χ3v) is 3.58. The monoisotopic (exact) mass is 344 g/mol. The molecule has 110 valence electrons. The van der Waals surface area contributed by atoms with E-state index in [4.69, 9.17) is 0 Å². The van der Waals surface area contributed by atoms with Gasteiger partial charge in [0, 0.05) is 13.6 Å². The average molecular weight is 345 g/mol. The lowest BCUT2D eigenvalue weighted by Gasteiger charge is -2.08. The van der Waals surface area contributed by atoms with Crippen molar-refractivity contribution in [1.29, 1.82) is 0 Å². The van der Waals surface area contributed by atoms with Gasteiger partial charge >= 0.3 is 5.69 Å². The molecule has 0 unspecified atom stereocenters. The van der Waals surface area contributed by atoms with Gasteiger partial charge in [-0.3, -0.25) is 13.9 Å². The van der Waals surface area contributed by atoms with Crippen molar-refractivity contribution in [1.82, 2.24) is 19.1 Å². The SMILES string of the molecule is C[C@@H](O)CCCCn1c(=O)c2[nH]c(Br)nc2n(C)c1=O. The molecule has 2 aromatic rings. The lowest BCUT2D eigenvalue weighted by Crippen LogP contribution is -2.39. The molecule has 0 amide bonds. The number of imidazole rings is 1. The molecule has 0 aliphatic heterocycles. The molecule has 0 aliphatic rings. The topological polar surface area (TPSA) is 92.9 Å². The van der Waals surface area contributed by atoms with Crippen molar-refractivity contribution < 1.29 is 5.11 Å². The van der Waals surface area contributed by atoms with Crippen LogP contribution >= 0.6 is 15.9 Å². The van der Waals surface area contributed by atoms with E-state index in [0.717, 1.165) is 6.42 Å². The van der Waals surface area contributed by atoms with Crippen molar-refractivity contribution in [3.8, 4) is 0 Å². The number of hydrogen-bond donors (Lipinski definition) is 2. The maximum Gasteiger partial charge on any atom is 0.332 e. The van der Waals surface area contributed by atoms with Crippen LogP contribution in [0.25, 0.3) is 11.2 Å². The third-order valence-electron chi connectivity index (χ3n) is 3.20. The number of aromatic nitrogens is 4. The average Bonchev–Trinajstić information content (AvgIpc) is 2.77. The second kappa shape index (κ2) is 5.92. The van der Waals surface area contributed by atoms with Crippen molar-refractivity contribution in [2.75, 3.05) is 0 Å². The molecule has 2 aromatic heterocycles. The molecule has 0 spiro atoms. The number of aryl methyl sites for hydroxylation is 1. The highest BCUT2D eigenvalue weighted by molar-refractivity contribution is 9.10. The number of H-pyrrole nitrogens is 1. The first-order valence-corrected chi connectivity index (χ1v) is 7.24. The zero-order valence-corrected chi connectivity index (χ0v) is 13.0. The molecule has 2 N–H and O–H groups in total. The van der Waals surface area contributed by atoms with E-state index < -0.39 is 0 Å². The molecule has 7 nitrogen and oxygen atoms in total. The molecule has 0 fully saturated rings. The molecule has 2 rings (SSSR count). The lowest BCUT2D eigenvalue weighted by molar-refractivity contribution is 0.180. The summed E-state index contributed by atoms with van der Waals surface area (Å²) in [6.07, 6.45) is 1.73. The van der Waals surface area contributed by atoms with Gasteiger partial charge in [0.05, 0.1) is 6.10 Å². The van der Waals surface area contributed by atoms with Gasteiger partial charge in [0.2, 0.25) is 0 Å². The summed E-state index contributed by atoms with van der Waals surface area (Å²) in [7, 11) is 1.59. The summed E-state index contributed by atoms with van der Waals surface area (Å²) in [6, 6.07) is 0. The van der Waals surface area contributed by atoms with Gasteiger partial charge in [-0.15, -0.1) is 0 Å². The summed E-state index contributed by atoms with van der Waals surface area (Å²) in [6.45, 7) is 2.06. The van der Waals surface area contributed by atoms with Crippen molar-refractivity contribution in [2.45, 2.75) is 38.8 Å². The van der Waals surface area contributed by atoms with Gasteiger partial charge in [0.15, 0.2) is 15.9 Å². The van der Waals surface area contributed by atoms with Crippen LogP contribution in [-0.2, 0) is 13.6 Å². The Labute approximate surface area is 123 Å². The van der Waals surface area contributed by atoms with Crippen molar-refractivity contribution >= 4 is 27.1 Å². The largest absolute Gasteiger partial charge is 0.393 e. The van der Waals surface area contributed by atoms with Gasteiger partial charge in [-0.25, -0.2) is 9.78 Å². The smallest absolute Gasteiger partial charge is 0.332 e. The van der Waals surface area contributed by atoms with Crippen LogP contribution in [0.2, 0.25) is 0 Å². The molecule has 0 saturated heterocycles. The molecule has 0 aliphatic carbocycles. The van der Waals surface area contributed by atoms with Crippen LogP contribution in [0.1, 0.15) is 26.2 Å². The number of nitrogens with one attached hydrogen (secondary N) is 1. The Hall–Kier alpha value is -1.41. The zero-order chi connectivity index (χ0) is 14.9. The fraction of sp³-hybridized carbons (Fsp3) is 0.583. The van der Waals surface area contributed by atoms with Crippen molar-refractivity contribution in [3.05, 3.63) is 25.6 Å². The number of rotatable bonds is 5. The van der Waals surface area contributed by atoms with Gasteiger partial charge in [-0.2, -0.15) is 0 Å². The van der Waals surface area contributed by atoms with Gasteiger partial charge in [0.25, 0.3) is 5.56 Å². The minimum absolute atomic E-state index is 0.314. The molecule has 2 heterocycles. The summed E-state index contributed by atoms with van der Waals surface area (Å²) in [5.41, 5.74) is -0.0847. The van der Waals surface area contributed by atoms with E-state index in [9.17, 15) is 14.7 Å². The Balaban J connectivity index is 2.34. The predicted molar refractivity (Wildman–Crippen MR) is 78.8 cm³/mol. The Bertz CT molecular complexity index is 729. The molecule has 0 bridgehead atoms. The second-order valence-corrected chi connectivity index (χ2v) is 5.62. The number of unbranched alkanes of at least 4 members (excludes halogenated alkanes) is 1. The number of aromatic amines is 1. The van der Waals surface area contributed by atoms with Crippen LogP contribution in [0.15, 0.2) is 14.3 Å². The summed E-state index contributed by atoms with van der Waals surface area (Å²) in [5.74, 6) is 0. The summed E-state index contributed by atoms with van der Waals surface area (Å²) < 4.78 is 2.98. The number of nitrogens with zero attached hydrogens (tertiary/aromatic N) is 3. The molecule has 0 aromatic carbocycles. The normalized spacial score (nSPS) is 13.0. The maximum atomic E-state index is 12.3. The quantitative estimate of drug-likeness (QED) is 0.617. The minimum Gasteiger partial charge on any atom is -0.393 e. The Morgan fingerprint density at radius 3 is 2.75 bits per heavy atom. The number of halogens is 1. The van der Waals surface area contributed by atoms with Crippen LogP contribution in [0.3, 0.4) is 0 Å². The van der Waals surface area contributed by atoms with Crippen LogP contribution in [0.4, 0.5) is 0 Å². The number of hydrogen-bond acceptors (Lipinski definition) is 4. The number of fused-ring (bicyclic) bond motifs is 1. The van der Waals surface area contributed by atoms with Crippen LogP contribution < -0.4 is 11.2 Å². The lowest BCUT2D eigenvalue weighted by atomic mass is 10.2. The fourth-order valence-electron chi connectivity index (χ4n) is 2.13. The highest BCUT2D eigenvalue weighted by Crippen LogP contribution is 2.09. The van der Waals surface area contributed by atoms with E-state index in [1.807, 2.05) is 0 Å². The molecule has 0 saturated carbocycles. The van der Waals surface area contributed by atoms with E-state index >= 15 is 0 Å². The first-order valence-electron chi connectivity index (χ1n) is 6.45. The molecule has 0 radical (unpaired) electrons. The Kier molecular flexibility index (Phi) is 4.44. The van der Waals surface area contributed by atoms with Gasteiger partial charge in [-0.1, -0.05) is 0 Å². The number of aliphatic hydroxyl groups is 1. The molecule has 8 heteroatoms. The fourth-order valence-corrected chi connectivity index (χ4v) is 2.49. The van der Waals surface area contributed by atoms with Crippen LogP contribution in [0.5, 0.6) is 0 Å². The molecule has 1 atom stereocenters. The van der Waals surface area contributed by atoms with Gasteiger partial charge < -0.3 is 10.1 Å². The van der Waals surface area contributed by atoms with E-state index in [1.54, 1.807) is 14.0 Å². The maximum absolute atomic E-state index is 12.3. The van der Waals surface area contributed by atoms with Crippen LogP contribution in [0, 0.1) is 0 Å².